The van der Waals surface area contributed by atoms with E-state index in [1.165, 1.54) is 0 Å². The number of benzene rings is 2. The molecule has 0 spiro atoms. The molecule has 0 fully saturated rings. The van der Waals surface area contributed by atoms with Crippen LogP contribution in [0, 0.1) is 0 Å². The molecular formula is C18H17ClN4O. The Hall–Kier alpha value is -2.53. The molecule has 0 saturated carbocycles. The van der Waals surface area contributed by atoms with Crippen molar-refractivity contribution in [3.8, 4) is 5.75 Å². The highest BCUT2D eigenvalue weighted by Gasteiger charge is 2.30. The number of halogens is 1. The molecule has 2 aromatic carbocycles. The second-order valence-electron chi connectivity index (χ2n) is 5.81. The molecule has 24 heavy (non-hydrogen) atoms. The van der Waals surface area contributed by atoms with Gasteiger partial charge in [0.15, 0.2) is 0 Å². The zero-order valence-electron chi connectivity index (χ0n) is 13.2. The van der Waals surface area contributed by atoms with Crippen molar-refractivity contribution in [3.63, 3.8) is 0 Å². The first-order chi connectivity index (χ1) is 11.7. The molecule has 0 saturated heterocycles. The highest BCUT2D eigenvalue weighted by Crippen LogP contribution is 2.38. The van der Waals surface area contributed by atoms with Gasteiger partial charge in [-0.15, -0.1) is 0 Å². The van der Waals surface area contributed by atoms with Gasteiger partial charge in [-0.05, 0) is 41.8 Å². The van der Waals surface area contributed by atoms with Crippen LogP contribution < -0.4 is 10.1 Å². The van der Waals surface area contributed by atoms with Gasteiger partial charge in [0.2, 0.25) is 5.95 Å². The first-order valence-corrected chi connectivity index (χ1v) is 8.18. The summed E-state index contributed by atoms with van der Waals surface area (Å²) in [6.07, 6.45) is 2.43. The van der Waals surface area contributed by atoms with Crippen molar-refractivity contribution in [2.45, 2.75) is 18.5 Å². The fourth-order valence-corrected chi connectivity index (χ4v) is 3.39. The summed E-state index contributed by atoms with van der Waals surface area (Å²) in [7, 11) is 1.68. The normalized spacial score (nSPS) is 19.4. The summed E-state index contributed by atoms with van der Waals surface area (Å²) in [4.78, 5) is 4.35. The molecule has 122 valence electrons. The van der Waals surface area contributed by atoms with Crippen molar-refractivity contribution in [1.82, 2.24) is 14.8 Å². The Morgan fingerprint density at radius 3 is 2.83 bits per heavy atom. The highest BCUT2D eigenvalue weighted by molar-refractivity contribution is 6.30. The number of methoxy groups -OCH3 is 1. The summed E-state index contributed by atoms with van der Waals surface area (Å²) in [5.41, 5.74) is 2.29. The molecule has 0 bridgehead atoms. The third-order valence-electron chi connectivity index (χ3n) is 4.36. The molecule has 0 amide bonds. The molecule has 1 aliphatic heterocycles. The summed E-state index contributed by atoms with van der Waals surface area (Å²) in [5.74, 6) is 1.61. The molecule has 0 aliphatic carbocycles. The monoisotopic (exact) mass is 340 g/mol. The average molecular weight is 341 g/mol. The molecule has 1 N–H and O–H groups in total. The Kier molecular flexibility index (Phi) is 3.86. The van der Waals surface area contributed by atoms with Crippen LogP contribution in [0.2, 0.25) is 5.02 Å². The van der Waals surface area contributed by atoms with Crippen LogP contribution in [0.1, 0.15) is 29.6 Å². The molecule has 4 rings (SSSR count). The summed E-state index contributed by atoms with van der Waals surface area (Å²) < 4.78 is 7.27. The third kappa shape index (κ3) is 2.71. The molecular weight excluding hydrogens is 324 g/mol. The van der Waals surface area contributed by atoms with Crippen molar-refractivity contribution >= 4 is 17.5 Å². The van der Waals surface area contributed by atoms with Gasteiger partial charge in [-0.25, -0.2) is 4.68 Å². The minimum atomic E-state index is 0.0821. The lowest BCUT2D eigenvalue weighted by Crippen LogP contribution is -2.28. The number of rotatable bonds is 3. The number of nitrogens with zero attached hydrogens (tertiary/aromatic N) is 3. The number of nitrogens with one attached hydrogen (secondary N) is 1. The van der Waals surface area contributed by atoms with Crippen LogP contribution in [0.5, 0.6) is 5.75 Å². The highest BCUT2D eigenvalue weighted by atomic mass is 35.5. The zero-order valence-corrected chi connectivity index (χ0v) is 13.9. The van der Waals surface area contributed by atoms with Crippen LogP contribution >= 0.6 is 11.6 Å². The molecule has 2 heterocycles. The summed E-state index contributed by atoms with van der Waals surface area (Å²) in [6, 6.07) is 16.2. The molecule has 2 unspecified atom stereocenters. The Morgan fingerprint density at radius 1 is 1.17 bits per heavy atom. The van der Waals surface area contributed by atoms with Crippen LogP contribution in [-0.4, -0.2) is 21.9 Å². The molecule has 1 aliphatic rings. The van der Waals surface area contributed by atoms with Crippen LogP contribution in [-0.2, 0) is 0 Å². The minimum absolute atomic E-state index is 0.0821. The minimum Gasteiger partial charge on any atom is -0.497 e. The molecule has 5 nitrogen and oxygen atoms in total. The van der Waals surface area contributed by atoms with E-state index in [0.29, 0.717) is 0 Å². The van der Waals surface area contributed by atoms with Crippen LogP contribution in [0.25, 0.3) is 0 Å². The number of anilines is 1. The van der Waals surface area contributed by atoms with E-state index in [1.54, 1.807) is 13.4 Å². The summed E-state index contributed by atoms with van der Waals surface area (Å²) >= 11 is 6.18. The largest absolute Gasteiger partial charge is 0.497 e. The number of fused-ring (bicyclic) bond motifs is 1. The smallest absolute Gasteiger partial charge is 0.222 e. The Labute approximate surface area is 145 Å². The van der Waals surface area contributed by atoms with Crippen LogP contribution in [0.15, 0.2) is 54.9 Å². The maximum absolute atomic E-state index is 6.18. The van der Waals surface area contributed by atoms with Gasteiger partial charge >= 0.3 is 0 Å². The lowest BCUT2D eigenvalue weighted by molar-refractivity contribution is 0.410. The maximum atomic E-state index is 6.18. The first-order valence-electron chi connectivity index (χ1n) is 7.80. The van der Waals surface area contributed by atoms with Crippen molar-refractivity contribution in [3.05, 3.63) is 71.0 Å². The predicted octanol–water partition coefficient (Wildman–Crippen LogP) is 4.09. The van der Waals surface area contributed by atoms with Gasteiger partial charge in [-0.1, -0.05) is 35.9 Å². The molecule has 3 aromatic rings. The van der Waals surface area contributed by atoms with E-state index < -0.39 is 0 Å². The molecule has 0 radical (unpaired) electrons. The SMILES string of the molecule is COc1cccc(C2CC(c3cccc(Cl)c3)n3ncnc3N2)c1. The van der Waals surface area contributed by atoms with Gasteiger partial charge in [0, 0.05) is 5.02 Å². The fourth-order valence-electron chi connectivity index (χ4n) is 3.19. The van der Waals surface area contributed by atoms with Crippen molar-refractivity contribution in [2.24, 2.45) is 0 Å². The Morgan fingerprint density at radius 2 is 2.00 bits per heavy atom. The quantitative estimate of drug-likeness (QED) is 0.780. The molecule has 2 atom stereocenters. The second kappa shape index (κ2) is 6.17. The van der Waals surface area contributed by atoms with Gasteiger partial charge < -0.3 is 10.1 Å². The van der Waals surface area contributed by atoms with Crippen molar-refractivity contribution in [1.29, 1.82) is 0 Å². The number of ether oxygens (including phenoxy) is 1. The van der Waals surface area contributed by atoms with E-state index in [4.69, 9.17) is 16.3 Å². The standard InChI is InChI=1S/C18H17ClN4O/c1-24-15-7-3-4-12(9-15)16-10-17(13-5-2-6-14(19)8-13)23-18(22-16)20-11-21-23/h2-9,11,16-17H,10H2,1H3,(H,20,21,22). The lowest BCUT2D eigenvalue weighted by Gasteiger charge is -2.32. The van der Waals surface area contributed by atoms with E-state index in [-0.39, 0.29) is 12.1 Å². The van der Waals surface area contributed by atoms with Gasteiger partial charge in [0.25, 0.3) is 0 Å². The van der Waals surface area contributed by atoms with Gasteiger partial charge in [-0.3, -0.25) is 0 Å². The third-order valence-corrected chi connectivity index (χ3v) is 4.60. The Balaban J connectivity index is 1.73. The van der Waals surface area contributed by atoms with E-state index in [9.17, 15) is 0 Å². The van der Waals surface area contributed by atoms with Gasteiger partial charge in [0.1, 0.15) is 12.1 Å². The molecule has 1 aromatic heterocycles. The Bertz CT molecular complexity index is 863. The number of aromatic nitrogens is 3. The van der Waals surface area contributed by atoms with Gasteiger partial charge in [0.05, 0.1) is 19.2 Å². The van der Waals surface area contributed by atoms with Gasteiger partial charge in [-0.2, -0.15) is 10.1 Å². The zero-order chi connectivity index (χ0) is 16.5. The predicted molar refractivity (Wildman–Crippen MR) is 93.6 cm³/mol. The van der Waals surface area contributed by atoms with Crippen molar-refractivity contribution < 1.29 is 4.74 Å². The maximum Gasteiger partial charge on any atom is 0.222 e. The van der Waals surface area contributed by atoms with Crippen molar-refractivity contribution in [2.75, 3.05) is 12.4 Å². The fraction of sp³-hybridized carbons (Fsp3) is 0.222. The van der Waals surface area contributed by atoms with E-state index >= 15 is 0 Å². The number of hydrogen-bond acceptors (Lipinski definition) is 4. The number of hydrogen-bond donors (Lipinski definition) is 1. The second-order valence-corrected chi connectivity index (χ2v) is 6.24. The average Bonchev–Trinajstić information content (AvgIpc) is 3.09. The summed E-state index contributed by atoms with van der Waals surface area (Å²) in [6.45, 7) is 0. The lowest BCUT2D eigenvalue weighted by atomic mass is 9.93. The van der Waals surface area contributed by atoms with Crippen LogP contribution in [0.3, 0.4) is 0 Å². The molecule has 6 heteroatoms. The van der Waals surface area contributed by atoms with E-state index in [0.717, 1.165) is 34.3 Å². The van der Waals surface area contributed by atoms with E-state index in [2.05, 4.69) is 33.6 Å². The summed E-state index contributed by atoms with van der Waals surface area (Å²) in [5, 5.41) is 8.57. The van der Waals surface area contributed by atoms with Crippen LogP contribution in [0.4, 0.5) is 5.95 Å². The van der Waals surface area contributed by atoms with E-state index in [1.807, 2.05) is 35.0 Å². The topological polar surface area (TPSA) is 52.0 Å². The first kappa shape index (κ1) is 15.0.